The Labute approximate surface area is 205 Å². The summed E-state index contributed by atoms with van der Waals surface area (Å²) in [5.74, 6) is -1.59. The summed E-state index contributed by atoms with van der Waals surface area (Å²) in [6.45, 7) is 2.34. The molecule has 0 spiro atoms. The van der Waals surface area contributed by atoms with Crippen LogP contribution in [0.15, 0.2) is 47.5 Å². The third-order valence-corrected chi connectivity index (χ3v) is 5.75. The Bertz CT molecular complexity index is 1030. The highest BCUT2D eigenvalue weighted by atomic mass is 16.2. The number of hydrogen-bond acceptors (Lipinski definition) is 5. The van der Waals surface area contributed by atoms with E-state index in [0.717, 1.165) is 22.8 Å². The van der Waals surface area contributed by atoms with Crippen LogP contribution in [0.1, 0.15) is 44.6 Å². The molecule has 0 heterocycles. The third kappa shape index (κ3) is 8.90. The molecule has 0 radical (unpaired) electrons. The second-order valence-electron chi connectivity index (χ2n) is 8.56. The van der Waals surface area contributed by atoms with E-state index in [0.29, 0.717) is 32.2 Å². The minimum Gasteiger partial charge on any atom is -0.370 e. The lowest BCUT2D eigenvalue weighted by Gasteiger charge is -2.23. The van der Waals surface area contributed by atoms with Crippen molar-refractivity contribution in [3.05, 3.63) is 48.0 Å². The zero-order valence-corrected chi connectivity index (χ0v) is 20.2. The number of hydrogen-bond donors (Lipinski definition) is 6. The van der Waals surface area contributed by atoms with E-state index >= 15 is 0 Å². The molecule has 2 rings (SSSR count). The summed E-state index contributed by atoms with van der Waals surface area (Å²) in [6.07, 6.45) is 3.07. The van der Waals surface area contributed by atoms with Crippen molar-refractivity contribution in [1.82, 2.24) is 10.6 Å². The Kier molecular flexibility index (Phi) is 11.0. The van der Waals surface area contributed by atoms with Gasteiger partial charge in [-0.2, -0.15) is 0 Å². The summed E-state index contributed by atoms with van der Waals surface area (Å²) in [5.41, 5.74) is 23.1. The van der Waals surface area contributed by atoms with Crippen molar-refractivity contribution in [1.29, 1.82) is 0 Å². The molecule has 0 fully saturated rings. The fourth-order valence-electron chi connectivity index (χ4n) is 3.79. The number of unbranched alkanes of at least 4 members (excludes halogenated alkanes) is 1. The highest BCUT2D eigenvalue weighted by Crippen LogP contribution is 2.20. The SMILES string of the molecule is CCCC[C@H](NC(=O)[C@@H](N)CCCN=C(N)N)C(=O)N[C@@H](Cc1cccc2ccccc12)C(N)=O. The number of carbonyl (C=O) groups is 3. The van der Waals surface area contributed by atoms with Gasteiger partial charge in [0.05, 0.1) is 6.04 Å². The second kappa shape index (κ2) is 13.9. The molecule has 2 aromatic carbocycles. The average Bonchev–Trinajstić information content (AvgIpc) is 2.83. The molecule has 0 aliphatic rings. The maximum absolute atomic E-state index is 13.1. The van der Waals surface area contributed by atoms with E-state index in [1.54, 1.807) is 0 Å². The Balaban J connectivity index is 2.07. The third-order valence-electron chi connectivity index (χ3n) is 5.75. The van der Waals surface area contributed by atoms with Crippen molar-refractivity contribution >= 4 is 34.5 Å². The van der Waals surface area contributed by atoms with E-state index in [1.807, 2.05) is 49.4 Å². The number of guanidine groups is 1. The monoisotopic (exact) mass is 483 g/mol. The first-order valence-corrected chi connectivity index (χ1v) is 11.9. The van der Waals surface area contributed by atoms with Gasteiger partial charge in [0.25, 0.3) is 0 Å². The lowest BCUT2D eigenvalue weighted by atomic mass is 9.98. The molecule has 0 aliphatic heterocycles. The first kappa shape index (κ1) is 27.6. The Hall–Kier alpha value is -3.66. The van der Waals surface area contributed by atoms with Crippen molar-refractivity contribution in [2.45, 2.75) is 63.6 Å². The Morgan fingerprint density at radius 1 is 0.886 bits per heavy atom. The maximum Gasteiger partial charge on any atom is 0.243 e. The number of carbonyl (C=O) groups excluding carboxylic acids is 3. The lowest BCUT2D eigenvalue weighted by Crippen LogP contribution is -2.55. The van der Waals surface area contributed by atoms with Gasteiger partial charge in [0.2, 0.25) is 17.7 Å². The highest BCUT2D eigenvalue weighted by molar-refractivity contribution is 5.93. The number of nitrogens with two attached hydrogens (primary N) is 4. The summed E-state index contributed by atoms with van der Waals surface area (Å²) in [6, 6.07) is 11.0. The smallest absolute Gasteiger partial charge is 0.243 e. The van der Waals surface area contributed by atoms with E-state index in [1.165, 1.54) is 0 Å². The molecular formula is C25H37N7O3. The van der Waals surface area contributed by atoms with Gasteiger partial charge in [0, 0.05) is 13.0 Å². The molecule has 10 nitrogen and oxygen atoms in total. The van der Waals surface area contributed by atoms with Gasteiger partial charge in [-0.05, 0) is 35.6 Å². The number of amides is 3. The largest absolute Gasteiger partial charge is 0.370 e. The Morgan fingerprint density at radius 3 is 2.26 bits per heavy atom. The van der Waals surface area contributed by atoms with Crippen LogP contribution in [0.4, 0.5) is 0 Å². The van der Waals surface area contributed by atoms with Gasteiger partial charge in [-0.3, -0.25) is 19.4 Å². The molecular weight excluding hydrogens is 446 g/mol. The molecule has 0 bridgehead atoms. The zero-order valence-electron chi connectivity index (χ0n) is 20.2. The number of fused-ring (bicyclic) bond motifs is 1. The van der Waals surface area contributed by atoms with Gasteiger partial charge < -0.3 is 33.6 Å². The maximum atomic E-state index is 13.1. The van der Waals surface area contributed by atoms with Crippen LogP contribution in [0.2, 0.25) is 0 Å². The summed E-state index contributed by atoms with van der Waals surface area (Å²) in [7, 11) is 0. The molecule has 3 atom stereocenters. The first-order valence-electron chi connectivity index (χ1n) is 11.9. The normalized spacial score (nSPS) is 13.4. The van der Waals surface area contributed by atoms with Crippen LogP contribution in [0.3, 0.4) is 0 Å². The minimum absolute atomic E-state index is 0.0215. The van der Waals surface area contributed by atoms with E-state index in [-0.39, 0.29) is 12.4 Å². The van der Waals surface area contributed by atoms with Crippen LogP contribution in [0, 0.1) is 0 Å². The van der Waals surface area contributed by atoms with Gasteiger partial charge in [-0.1, -0.05) is 62.2 Å². The molecule has 0 unspecified atom stereocenters. The molecule has 0 saturated heterocycles. The van der Waals surface area contributed by atoms with E-state index in [9.17, 15) is 14.4 Å². The van der Waals surface area contributed by atoms with E-state index in [4.69, 9.17) is 22.9 Å². The van der Waals surface area contributed by atoms with Gasteiger partial charge >= 0.3 is 0 Å². The van der Waals surface area contributed by atoms with Crippen molar-refractivity contribution in [3.8, 4) is 0 Å². The number of nitrogens with one attached hydrogen (secondary N) is 2. The summed E-state index contributed by atoms with van der Waals surface area (Å²) >= 11 is 0. The fraction of sp³-hybridized carbons (Fsp3) is 0.440. The highest BCUT2D eigenvalue weighted by Gasteiger charge is 2.27. The molecule has 10 N–H and O–H groups in total. The van der Waals surface area contributed by atoms with Crippen LogP contribution in [-0.2, 0) is 20.8 Å². The predicted molar refractivity (Wildman–Crippen MR) is 138 cm³/mol. The number of nitrogens with zero attached hydrogens (tertiary/aromatic N) is 1. The Morgan fingerprint density at radius 2 is 1.57 bits per heavy atom. The molecule has 2 aromatic rings. The predicted octanol–water partition coefficient (Wildman–Crippen LogP) is 0.408. The lowest BCUT2D eigenvalue weighted by molar-refractivity contribution is -0.132. The molecule has 35 heavy (non-hydrogen) atoms. The molecule has 3 amide bonds. The van der Waals surface area contributed by atoms with Crippen molar-refractivity contribution in [2.75, 3.05) is 6.54 Å². The van der Waals surface area contributed by atoms with Crippen LogP contribution < -0.4 is 33.6 Å². The number of rotatable bonds is 14. The van der Waals surface area contributed by atoms with Crippen LogP contribution in [0.25, 0.3) is 10.8 Å². The summed E-state index contributed by atoms with van der Waals surface area (Å²) in [4.78, 5) is 41.8. The van der Waals surface area contributed by atoms with Crippen molar-refractivity contribution in [2.24, 2.45) is 27.9 Å². The standard InChI is InChI=1S/C25H37N7O3/c1-2-3-13-20(31-23(34)19(26)12-7-14-30-25(28)29)24(35)32-21(22(27)33)15-17-10-6-9-16-8-4-5-11-18(16)17/h4-6,8-11,19-21H,2-3,7,12-15,26H2,1H3,(H2,27,33)(H,31,34)(H,32,35)(H4,28,29,30)/t19-,20-,21-/m0/s1. The second-order valence-corrected chi connectivity index (χ2v) is 8.56. The molecule has 0 aliphatic carbocycles. The number of primary amides is 1. The number of benzene rings is 2. The van der Waals surface area contributed by atoms with E-state index < -0.39 is 35.8 Å². The topological polar surface area (TPSA) is 192 Å². The average molecular weight is 484 g/mol. The van der Waals surface area contributed by atoms with Gasteiger partial charge in [0.15, 0.2) is 5.96 Å². The van der Waals surface area contributed by atoms with Crippen molar-refractivity contribution in [3.63, 3.8) is 0 Å². The first-order chi connectivity index (χ1) is 16.7. The fourth-order valence-corrected chi connectivity index (χ4v) is 3.79. The molecule has 10 heteroatoms. The quantitative estimate of drug-likeness (QED) is 0.128. The van der Waals surface area contributed by atoms with Crippen LogP contribution >= 0.6 is 0 Å². The van der Waals surface area contributed by atoms with Crippen molar-refractivity contribution < 1.29 is 14.4 Å². The summed E-state index contributed by atoms with van der Waals surface area (Å²) in [5, 5.41) is 7.47. The summed E-state index contributed by atoms with van der Waals surface area (Å²) < 4.78 is 0. The van der Waals surface area contributed by atoms with Crippen LogP contribution in [0.5, 0.6) is 0 Å². The minimum atomic E-state index is -0.928. The molecule has 0 aromatic heterocycles. The van der Waals surface area contributed by atoms with Gasteiger partial charge in [-0.25, -0.2) is 0 Å². The van der Waals surface area contributed by atoms with Gasteiger partial charge in [-0.15, -0.1) is 0 Å². The van der Waals surface area contributed by atoms with Gasteiger partial charge in [0.1, 0.15) is 12.1 Å². The molecule has 190 valence electrons. The molecule has 0 saturated carbocycles. The zero-order chi connectivity index (χ0) is 25.8. The van der Waals surface area contributed by atoms with E-state index in [2.05, 4.69) is 15.6 Å². The number of aliphatic imine (C=N–C) groups is 1. The van der Waals surface area contributed by atoms with Crippen LogP contribution in [-0.4, -0.2) is 48.4 Å².